The lowest BCUT2D eigenvalue weighted by molar-refractivity contribution is -0.118. The molecule has 0 saturated carbocycles. The predicted octanol–water partition coefficient (Wildman–Crippen LogP) is 5.01. The quantitative estimate of drug-likeness (QED) is 0.476. The Balaban J connectivity index is 1.64. The average molecular weight is 479 g/mol. The van der Waals surface area contributed by atoms with Crippen molar-refractivity contribution in [3.05, 3.63) is 64.8 Å². The summed E-state index contributed by atoms with van der Waals surface area (Å²) in [5, 5.41) is 9.32. The van der Waals surface area contributed by atoms with E-state index in [9.17, 15) is 9.59 Å². The summed E-state index contributed by atoms with van der Waals surface area (Å²) in [5.74, 6) is 0.611. The maximum Gasteiger partial charge on any atom is 0.253 e. The Hall–Kier alpha value is -3.65. The van der Waals surface area contributed by atoms with Crippen molar-refractivity contribution in [2.45, 2.75) is 32.1 Å². The second-order valence-electron chi connectivity index (χ2n) is 8.83. The van der Waals surface area contributed by atoms with Gasteiger partial charge in [-0.15, -0.1) is 0 Å². The molecular weight excluding hydrogens is 452 g/mol. The zero-order chi connectivity index (χ0) is 24.5. The van der Waals surface area contributed by atoms with Gasteiger partial charge in [-0.2, -0.15) is 4.98 Å². The van der Waals surface area contributed by atoms with Crippen molar-refractivity contribution in [1.29, 1.82) is 0 Å². The number of carbonyl (C=O) groups excluding carboxylic acids is 2. The molecule has 3 N–H and O–H groups in total. The zero-order valence-corrected chi connectivity index (χ0v) is 20.3. The molecule has 9 heteroatoms. The average Bonchev–Trinajstić information content (AvgIpc) is 2.91. The number of hydrogen-bond donors (Lipinski definition) is 3. The highest BCUT2D eigenvalue weighted by atomic mass is 35.5. The number of carbonyl (C=O) groups is 2. The minimum Gasteiger partial charge on any atom is -0.355 e. The highest BCUT2D eigenvalue weighted by Gasteiger charge is 2.31. The van der Waals surface area contributed by atoms with Gasteiger partial charge in [0, 0.05) is 31.9 Å². The van der Waals surface area contributed by atoms with Crippen molar-refractivity contribution in [2.24, 2.45) is 0 Å². The van der Waals surface area contributed by atoms with Crippen LogP contribution in [0.2, 0.25) is 5.02 Å². The molecule has 0 saturated heterocycles. The topological polar surface area (TPSA) is 99.2 Å². The van der Waals surface area contributed by atoms with E-state index >= 15 is 0 Å². The van der Waals surface area contributed by atoms with E-state index in [1.165, 1.54) is 6.20 Å². The van der Waals surface area contributed by atoms with Crippen molar-refractivity contribution in [3.63, 3.8) is 0 Å². The number of nitrogens with one attached hydrogen (secondary N) is 3. The van der Waals surface area contributed by atoms with Gasteiger partial charge in [-0.25, -0.2) is 4.98 Å². The van der Waals surface area contributed by atoms with Crippen LogP contribution in [0.1, 0.15) is 42.6 Å². The molecule has 1 aromatic heterocycles. The minimum atomic E-state index is -0.220. The summed E-state index contributed by atoms with van der Waals surface area (Å²) in [5.41, 5.74) is 3.67. The number of halogens is 1. The van der Waals surface area contributed by atoms with Crippen LogP contribution >= 0.6 is 11.6 Å². The van der Waals surface area contributed by atoms with Crippen molar-refractivity contribution in [2.75, 3.05) is 29.6 Å². The van der Waals surface area contributed by atoms with E-state index < -0.39 is 0 Å². The van der Waals surface area contributed by atoms with Crippen LogP contribution in [0.5, 0.6) is 0 Å². The smallest absolute Gasteiger partial charge is 0.253 e. The molecule has 2 aromatic carbocycles. The highest BCUT2D eigenvalue weighted by molar-refractivity contribution is 6.33. The van der Waals surface area contributed by atoms with Gasteiger partial charge in [0.1, 0.15) is 5.02 Å². The van der Waals surface area contributed by atoms with E-state index in [1.54, 1.807) is 30.1 Å². The first-order chi connectivity index (χ1) is 16.2. The Morgan fingerprint density at radius 3 is 2.68 bits per heavy atom. The lowest BCUT2D eigenvalue weighted by Crippen LogP contribution is -2.25. The van der Waals surface area contributed by atoms with Crippen LogP contribution in [-0.2, 0) is 10.2 Å². The second kappa shape index (κ2) is 9.30. The fourth-order valence-electron chi connectivity index (χ4n) is 4.00. The maximum atomic E-state index is 12.4. The number of para-hydroxylation sites is 1. The van der Waals surface area contributed by atoms with Crippen LogP contribution in [0.25, 0.3) is 0 Å². The van der Waals surface area contributed by atoms with Crippen LogP contribution in [0, 0.1) is 0 Å². The number of rotatable bonds is 5. The van der Waals surface area contributed by atoms with Crippen LogP contribution in [0.3, 0.4) is 0 Å². The summed E-state index contributed by atoms with van der Waals surface area (Å²) in [4.78, 5) is 35.1. The molecule has 8 nitrogen and oxygen atoms in total. The monoisotopic (exact) mass is 478 g/mol. The Bertz CT molecular complexity index is 1260. The van der Waals surface area contributed by atoms with Gasteiger partial charge >= 0.3 is 0 Å². The third-order valence-corrected chi connectivity index (χ3v) is 6.35. The SMILES string of the molecule is CNC(=O)c1ccccc1Nc1nc(Nc2ccc3c(c2)C(C)(C)CCC(=O)N3C)ncc1Cl. The molecule has 0 atom stereocenters. The third kappa shape index (κ3) is 4.68. The van der Waals surface area contributed by atoms with Gasteiger partial charge in [0.05, 0.1) is 17.4 Å². The molecule has 0 radical (unpaired) electrons. The van der Waals surface area contributed by atoms with Crippen molar-refractivity contribution in [1.82, 2.24) is 15.3 Å². The summed E-state index contributed by atoms with van der Waals surface area (Å²) in [6, 6.07) is 13.0. The van der Waals surface area contributed by atoms with Crippen LogP contribution in [-0.4, -0.2) is 35.9 Å². The van der Waals surface area contributed by atoms with Gasteiger partial charge in [-0.1, -0.05) is 37.6 Å². The molecule has 176 valence electrons. The fraction of sp³-hybridized carbons (Fsp3) is 0.280. The van der Waals surface area contributed by atoms with Gasteiger partial charge in [0.2, 0.25) is 11.9 Å². The molecule has 4 rings (SSSR count). The zero-order valence-electron chi connectivity index (χ0n) is 19.6. The van der Waals surface area contributed by atoms with E-state index in [1.807, 2.05) is 31.3 Å². The molecule has 2 amide bonds. The molecule has 2 heterocycles. The Labute approximate surface area is 203 Å². The van der Waals surface area contributed by atoms with Crippen molar-refractivity contribution in [3.8, 4) is 0 Å². The molecule has 0 fully saturated rings. The number of benzene rings is 2. The van der Waals surface area contributed by atoms with Crippen molar-refractivity contribution >= 4 is 52.2 Å². The second-order valence-corrected chi connectivity index (χ2v) is 9.24. The molecule has 0 unspecified atom stereocenters. The lowest BCUT2D eigenvalue weighted by atomic mass is 9.80. The van der Waals surface area contributed by atoms with Crippen LogP contribution in [0.4, 0.5) is 28.8 Å². The maximum absolute atomic E-state index is 12.4. The van der Waals surface area contributed by atoms with Crippen molar-refractivity contribution < 1.29 is 9.59 Å². The molecule has 1 aliphatic rings. The number of nitrogens with zero attached hydrogens (tertiary/aromatic N) is 3. The molecule has 3 aromatic rings. The first kappa shape index (κ1) is 23.5. The summed E-state index contributed by atoms with van der Waals surface area (Å²) in [7, 11) is 3.39. The van der Waals surface area contributed by atoms with Gasteiger partial charge in [0.15, 0.2) is 5.82 Å². The van der Waals surface area contributed by atoms with Gasteiger partial charge < -0.3 is 20.9 Å². The first-order valence-electron chi connectivity index (χ1n) is 11.0. The Morgan fingerprint density at radius 1 is 1.15 bits per heavy atom. The Kier molecular flexibility index (Phi) is 6.43. The molecule has 0 bridgehead atoms. The van der Waals surface area contributed by atoms with Gasteiger partial charge in [-0.05, 0) is 47.7 Å². The largest absolute Gasteiger partial charge is 0.355 e. The third-order valence-electron chi connectivity index (χ3n) is 6.08. The number of fused-ring (bicyclic) bond motifs is 1. The predicted molar refractivity (Wildman–Crippen MR) is 136 cm³/mol. The molecule has 34 heavy (non-hydrogen) atoms. The van der Waals surface area contributed by atoms with Crippen LogP contribution < -0.4 is 20.9 Å². The van der Waals surface area contributed by atoms with E-state index in [0.717, 1.165) is 23.4 Å². The molecule has 1 aliphatic heterocycles. The highest BCUT2D eigenvalue weighted by Crippen LogP contribution is 2.40. The number of hydrogen-bond acceptors (Lipinski definition) is 6. The number of aromatic nitrogens is 2. The Morgan fingerprint density at radius 2 is 1.91 bits per heavy atom. The van der Waals surface area contributed by atoms with Gasteiger partial charge in [-0.3, -0.25) is 9.59 Å². The van der Waals surface area contributed by atoms with E-state index in [4.69, 9.17) is 11.6 Å². The van der Waals surface area contributed by atoms with E-state index in [-0.39, 0.29) is 17.2 Å². The lowest BCUT2D eigenvalue weighted by Gasteiger charge is -2.27. The van der Waals surface area contributed by atoms with E-state index in [0.29, 0.717) is 34.5 Å². The first-order valence-corrected chi connectivity index (χ1v) is 11.4. The summed E-state index contributed by atoms with van der Waals surface area (Å²) >= 11 is 6.34. The number of anilines is 5. The summed E-state index contributed by atoms with van der Waals surface area (Å²) in [6.45, 7) is 4.29. The standard InChI is InChI=1S/C25H27ClN6O2/c1-25(2)12-11-21(33)32(4)20-10-9-15(13-17(20)25)29-24-28-14-18(26)22(31-24)30-19-8-6-5-7-16(19)23(34)27-3/h5-10,13-14H,11-12H2,1-4H3,(H,27,34)(H2,28,29,30,31). The normalized spacial score (nSPS) is 14.7. The summed E-state index contributed by atoms with van der Waals surface area (Å²) in [6.07, 6.45) is 2.78. The number of amides is 2. The molecular formula is C25H27ClN6O2. The fourth-order valence-corrected chi connectivity index (χ4v) is 4.14. The molecule has 0 spiro atoms. The van der Waals surface area contributed by atoms with Crippen LogP contribution in [0.15, 0.2) is 48.7 Å². The van der Waals surface area contributed by atoms with Gasteiger partial charge in [0.25, 0.3) is 5.91 Å². The molecule has 0 aliphatic carbocycles. The summed E-state index contributed by atoms with van der Waals surface area (Å²) < 4.78 is 0. The minimum absolute atomic E-state index is 0.112. The van der Waals surface area contributed by atoms with E-state index in [2.05, 4.69) is 39.8 Å².